The molecule has 0 spiro atoms. The minimum atomic E-state index is -0.729. The number of amides is 1. The summed E-state index contributed by atoms with van der Waals surface area (Å²) in [5, 5.41) is 0.713. The molecule has 2 unspecified atom stereocenters. The third kappa shape index (κ3) is 4.62. The van der Waals surface area contributed by atoms with Gasteiger partial charge in [-0.2, -0.15) is 0 Å². The van der Waals surface area contributed by atoms with Crippen molar-refractivity contribution in [2.75, 3.05) is 44.3 Å². The molecular weight excluding hydrogens is 450 g/mol. The quantitative estimate of drug-likeness (QED) is 0.526. The molecule has 1 amide bonds. The molecule has 1 fully saturated rings. The second-order valence-electron chi connectivity index (χ2n) is 8.96. The maximum absolute atomic E-state index is 13.9. The average Bonchev–Trinajstić information content (AvgIpc) is 3.29. The van der Waals surface area contributed by atoms with E-state index in [4.69, 9.17) is 19.2 Å². The van der Waals surface area contributed by atoms with Gasteiger partial charge in [0.05, 0.1) is 23.4 Å². The SMILES string of the molecule is Cc1ccc2sc(N(CCCN3CCOCC3)C(=O)C3Oc4ccccc4OC3C)nc2c1C. The fourth-order valence-electron chi connectivity index (χ4n) is 4.45. The summed E-state index contributed by atoms with van der Waals surface area (Å²) in [5.74, 6) is 1.16. The summed E-state index contributed by atoms with van der Waals surface area (Å²) in [6.45, 7) is 10.9. The first-order valence-corrected chi connectivity index (χ1v) is 12.7. The highest BCUT2D eigenvalue weighted by Gasteiger charge is 2.38. The topological polar surface area (TPSA) is 64.1 Å². The van der Waals surface area contributed by atoms with Crippen LogP contribution in [0.1, 0.15) is 24.5 Å². The Kier molecular flexibility index (Phi) is 6.72. The lowest BCUT2D eigenvalue weighted by Crippen LogP contribution is -2.51. The molecule has 7 nitrogen and oxygen atoms in total. The molecule has 2 atom stereocenters. The van der Waals surface area contributed by atoms with Crippen molar-refractivity contribution in [3.8, 4) is 11.5 Å². The Morgan fingerprint density at radius 2 is 1.85 bits per heavy atom. The van der Waals surface area contributed by atoms with Crippen molar-refractivity contribution in [2.24, 2.45) is 0 Å². The van der Waals surface area contributed by atoms with E-state index in [2.05, 4.69) is 30.9 Å². The second-order valence-corrected chi connectivity index (χ2v) is 9.97. The van der Waals surface area contributed by atoms with Crippen LogP contribution in [0.4, 0.5) is 5.13 Å². The summed E-state index contributed by atoms with van der Waals surface area (Å²) in [6.07, 6.45) is -0.284. The van der Waals surface area contributed by atoms with Gasteiger partial charge >= 0.3 is 0 Å². The summed E-state index contributed by atoms with van der Waals surface area (Å²) in [4.78, 5) is 23.0. The Hall–Kier alpha value is -2.68. The van der Waals surface area contributed by atoms with Crippen molar-refractivity contribution >= 4 is 32.6 Å². The van der Waals surface area contributed by atoms with E-state index in [1.54, 1.807) is 16.2 Å². The lowest BCUT2D eigenvalue weighted by Gasteiger charge is -2.34. The number of ether oxygens (including phenoxy) is 3. The lowest BCUT2D eigenvalue weighted by molar-refractivity contribution is -0.130. The Labute approximate surface area is 204 Å². The second kappa shape index (κ2) is 9.90. The number of rotatable bonds is 6. The maximum atomic E-state index is 13.9. The van der Waals surface area contributed by atoms with E-state index < -0.39 is 12.2 Å². The molecule has 0 N–H and O–H groups in total. The van der Waals surface area contributed by atoms with Gasteiger partial charge in [0.15, 0.2) is 16.6 Å². The predicted octanol–water partition coefficient (Wildman–Crippen LogP) is 4.20. The molecule has 2 aliphatic heterocycles. The van der Waals surface area contributed by atoms with Gasteiger partial charge < -0.3 is 14.2 Å². The summed E-state index contributed by atoms with van der Waals surface area (Å²) in [7, 11) is 0. The van der Waals surface area contributed by atoms with E-state index in [0.29, 0.717) is 23.2 Å². The van der Waals surface area contributed by atoms with Crippen molar-refractivity contribution in [2.45, 2.75) is 39.4 Å². The molecule has 0 saturated carbocycles. The van der Waals surface area contributed by atoms with Gasteiger partial charge in [-0.1, -0.05) is 29.5 Å². The van der Waals surface area contributed by atoms with Crippen LogP contribution in [0.15, 0.2) is 36.4 Å². The van der Waals surface area contributed by atoms with Crippen LogP contribution in [0, 0.1) is 13.8 Å². The number of thiazole rings is 1. The highest BCUT2D eigenvalue weighted by atomic mass is 32.1. The van der Waals surface area contributed by atoms with E-state index in [0.717, 1.165) is 55.0 Å². The molecule has 180 valence electrons. The van der Waals surface area contributed by atoms with Gasteiger partial charge in [-0.25, -0.2) is 4.98 Å². The molecule has 2 aliphatic rings. The molecule has 0 radical (unpaired) electrons. The zero-order valence-electron chi connectivity index (χ0n) is 20.0. The van der Waals surface area contributed by atoms with Crippen LogP contribution in [0.3, 0.4) is 0 Å². The highest BCUT2D eigenvalue weighted by Crippen LogP contribution is 2.36. The van der Waals surface area contributed by atoms with Gasteiger partial charge in [-0.15, -0.1) is 0 Å². The molecule has 5 rings (SSSR count). The van der Waals surface area contributed by atoms with E-state index in [1.165, 1.54) is 5.56 Å². The van der Waals surface area contributed by atoms with Crippen LogP contribution in [0.25, 0.3) is 10.2 Å². The molecule has 1 saturated heterocycles. The van der Waals surface area contributed by atoms with Crippen LogP contribution in [0.2, 0.25) is 0 Å². The van der Waals surface area contributed by atoms with Crippen LogP contribution in [-0.2, 0) is 9.53 Å². The van der Waals surface area contributed by atoms with Crippen molar-refractivity contribution < 1.29 is 19.0 Å². The smallest absolute Gasteiger partial charge is 0.273 e. The number of para-hydroxylation sites is 2. The number of hydrogen-bond acceptors (Lipinski definition) is 7. The zero-order valence-corrected chi connectivity index (χ0v) is 20.8. The minimum Gasteiger partial charge on any atom is -0.482 e. The number of hydrogen-bond donors (Lipinski definition) is 0. The fourth-order valence-corrected chi connectivity index (χ4v) is 5.51. The monoisotopic (exact) mass is 481 g/mol. The zero-order chi connectivity index (χ0) is 23.7. The molecule has 3 aromatic rings. The van der Waals surface area contributed by atoms with E-state index in [-0.39, 0.29) is 5.91 Å². The third-order valence-corrected chi connectivity index (χ3v) is 7.66. The molecule has 2 aromatic carbocycles. The predicted molar refractivity (Wildman–Crippen MR) is 134 cm³/mol. The first-order chi connectivity index (χ1) is 16.5. The Bertz CT molecular complexity index is 1170. The van der Waals surface area contributed by atoms with Gasteiger partial charge in [-0.05, 0) is 56.5 Å². The minimum absolute atomic E-state index is 0.114. The first kappa shape index (κ1) is 23.1. The molecule has 3 heterocycles. The Morgan fingerprint density at radius 1 is 1.12 bits per heavy atom. The third-order valence-electron chi connectivity index (χ3n) is 6.62. The summed E-state index contributed by atoms with van der Waals surface area (Å²) in [5.41, 5.74) is 3.31. The van der Waals surface area contributed by atoms with Gasteiger partial charge in [-0.3, -0.25) is 14.6 Å². The van der Waals surface area contributed by atoms with Crippen molar-refractivity contribution in [3.05, 3.63) is 47.5 Å². The fraction of sp³-hybridized carbons (Fsp3) is 0.462. The Balaban J connectivity index is 1.41. The summed E-state index contributed by atoms with van der Waals surface area (Å²) >= 11 is 1.56. The summed E-state index contributed by atoms with van der Waals surface area (Å²) < 4.78 is 18.7. The highest BCUT2D eigenvalue weighted by molar-refractivity contribution is 7.22. The number of fused-ring (bicyclic) bond motifs is 2. The van der Waals surface area contributed by atoms with Gasteiger partial charge in [0, 0.05) is 26.2 Å². The molecule has 34 heavy (non-hydrogen) atoms. The number of aromatic nitrogens is 1. The van der Waals surface area contributed by atoms with Gasteiger partial charge in [0.1, 0.15) is 6.10 Å². The largest absolute Gasteiger partial charge is 0.482 e. The van der Waals surface area contributed by atoms with Crippen LogP contribution < -0.4 is 14.4 Å². The van der Waals surface area contributed by atoms with Crippen molar-refractivity contribution in [3.63, 3.8) is 0 Å². The first-order valence-electron chi connectivity index (χ1n) is 11.9. The number of carbonyl (C=O) groups is 1. The van der Waals surface area contributed by atoms with Crippen LogP contribution in [0.5, 0.6) is 11.5 Å². The van der Waals surface area contributed by atoms with E-state index in [9.17, 15) is 4.79 Å². The number of carbonyl (C=O) groups excluding carboxylic acids is 1. The number of aryl methyl sites for hydroxylation is 2. The van der Waals surface area contributed by atoms with Gasteiger partial charge in [0.2, 0.25) is 6.10 Å². The van der Waals surface area contributed by atoms with E-state index >= 15 is 0 Å². The van der Waals surface area contributed by atoms with Crippen LogP contribution in [-0.4, -0.2) is 67.4 Å². The lowest BCUT2D eigenvalue weighted by atomic mass is 10.1. The standard InChI is InChI=1S/C26H31N3O4S/c1-17-9-10-22-23(18(17)2)27-26(34-22)29(12-6-11-28-13-15-31-16-14-28)25(30)24-19(3)32-20-7-4-5-8-21(20)33-24/h4-5,7-10,19,24H,6,11-16H2,1-3H3. The number of morpholine rings is 1. The maximum Gasteiger partial charge on any atom is 0.273 e. The molecule has 8 heteroatoms. The van der Waals surface area contributed by atoms with E-state index in [1.807, 2.05) is 31.2 Å². The number of anilines is 1. The molecule has 1 aromatic heterocycles. The Morgan fingerprint density at radius 3 is 2.62 bits per heavy atom. The molecule has 0 aliphatic carbocycles. The molecule has 0 bridgehead atoms. The average molecular weight is 482 g/mol. The molecular formula is C26H31N3O4S. The normalized spacial score (nSPS) is 20.4. The van der Waals surface area contributed by atoms with Crippen LogP contribution >= 0.6 is 11.3 Å². The van der Waals surface area contributed by atoms with Crippen molar-refractivity contribution in [1.82, 2.24) is 9.88 Å². The number of benzene rings is 2. The van der Waals surface area contributed by atoms with Crippen molar-refractivity contribution in [1.29, 1.82) is 0 Å². The number of nitrogens with zero attached hydrogens (tertiary/aromatic N) is 3. The summed E-state index contributed by atoms with van der Waals surface area (Å²) in [6, 6.07) is 11.7. The van der Waals surface area contributed by atoms with Gasteiger partial charge in [0.25, 0.3) is 5.91 Å².